The Morgan fingerprint density at radius 3 is 2.71 bits per heavy atom. The summed E-state index contributed by atoms with van der Waals surface area (Å²) in [7, 11) is 0. The number of nitrogens with zero attached hydrogens (tertiary/aromatic N) is 2. The molecule has 3 nitrogen and oxygen atoms in total. The van der Waals surface area contributed by atoms with Crippen LogP contribution in [0.25, 0.3) is 22.4 Å². The highest BCUT2D eigenvalue weighted by atomic mass is 127. The van der Waals surface area contributed by atoms with E-state index < -0.39 is 0 Å². The van der Waals surface area contributed by atoms with Crippen molar-refractivity contribution in [1.82, 2.24) is 9.55 Å². The smallest absolute Gasteiger partial charge is 0.141 e. The van der Waals surface area contributed by atoms with Crippen LogP contribution in [-0.4, -0.2) is 14.7 Å². The van der Waals surface area contributed by atoms with Gasteiger partial charge in [-0.05, 0) is 71.8 Å². The van der Waals surface area contributed by atoms with E-state index in [1.54, 1.807) is 6.07 Å². The maximum atomic E-state index is 9.96. The third-order valence-electron chi connectivity index (χ3n) is 3.77. The van der Waals surface area contributed by atoms with Gasteiger partial charge in [-0.1, -0.05) is 11.6 Å². The fourth-order valence-corrected chi connectivity index (χ4v) is 3.13. The quantitative estimate of drug-likeness (QED) is 0.604. The molecular weight excluding hydrogens is 399 g/mol. The van der Waals surface area contributed by atoms with Gasteiger partial charge in [-0.25, -0.2) is 4.98 Å². The zero-order valence-electron chi connectivity index (χ0n) is 11.1. The maximum Gasteiger partial charge on any atom is 0.141 e. The van der Waals surface area contributed by atoms with E-state index in [1.165, 1.54) is 12.8 Å². The molecule has 3 aromatic rings. The molecule has 0 bridgehead atoms. The summed E-state index contributed by atoms with van der Waals surface area (Å²) in [6.07, 6.45) is 2.36. The van der Waals surface area contributed by atoms with E-state index >= 15 is 0 Å². The Hall–Kier alpha value is -1.27. The molecule has 1 N–H and O–H groups in total. The Balaban J connectivity index is 1.98. The summed E-state index contributed by atoms with van der Waals surface area (Å²) in [6.45, 7) is 0. The third-order valence-corrected chi connectivity index (χ3v) is 4.92. The molecular formula is C16H12ClIN2O. The van der Waals surface area contributed by atoms with Gasteiger partial charge in [0.25, 0.3) is 0 Å². The fraction of sp³-hybridized carbons (Fsp3) is 0.188. The van der Waals surface area contributed by atoms with Crippen LogP contribution in [0.4, 0.5) is 0 Å². The zero-order chi connectivity index (χ0) is 14.6. The summed E-state index contributed by atoms with van der Waals surface area (Å²) in [4.78, 5) is 4.74. The van der Waals surface area contributed by atoms with Crippen LogP contribution in [0.5, 0.6) is 5.75 Å². The van der Waals surface area contributed by atoms with Crippen LogP contribution in [-0.2, 0) is 0 Å². The molecule has 0 unspecified atom stereocenters. The number of phenols is 1. The molecule has 0 amide bonds. The highest BCUT2D eigenvalue weighted by Gasteiger charge is 2.28. The number of aromatic hydroxyl groups is 1. The van der Waals surface area contributed by atoms with Crippen molar-refractivity contribution < 1.29 is 5.11 Å². The number of phenolic OH excluding ortho intramolecular Hbond substituents is 1. The Kier molecular flexibility index (Phi) is 3.11. The lowest BCUT2D eigenvalue weighted by Gasteiger charge is -2.08. The summed E-state index contributed by atoms with van der Waals surface area (Å²) in [6, 6.07) is 12.0. The fourth-order valence-electron chi connectivity index (χ4n) is 2.63. The van der Waals surface area contributed by atoms with Crippen LogP contribution in [0.1, 0.15) is 18.9 Å². The summed E-state index contributed by atoms with van der Waals surface area (Å²) >= 11 is 8.20. The second-order valence-corrected chi connectivity index (χ2v) is 6.93. The van der Waals surface area contributed by atoms with Crippen molar-refractivity contribution in [1.29, 1.82) is 0 Å². The van der Waals surface area contributed by atoms with E-state index in [2.05, 4.69) is 27.2 Å². The first-order valence-electron chi connectivity index (χ1n) is 6.80. The first kappa shape index (κ1) is 13.4. The summed E-state index contributed by atoms with van der Waals surface area (Å²) in [5.41, 5.74) is 2.95. The van der Waals surface area contributed by atoms with Gasteiger partial charge in [0.15, 0.2) is 0 Å². The SMILES string of the molecule is Oc1cc(-c2nc3cc(Cl)ccc3n2C2CC2)ccc1I. The number of hydrogen-bond donors (Lipinski definition) is 1. The van der Waals surface area contributed by atoms with Crippen LogP contribution in [0, 0.1) is 3.57 Å². The first-order valence-corrected chi connectivity index (χ1v) is 8.25. The Morgan fingerprint density at radius 1 is 1.19 bits per heavy atom. The largest absolute Gasteiger partial charge is 0.507 e. The molecule has 0 saturated heterocycles. The predicted octanol–water partition coefficient (Wildman–Crippen LogP) is 5.00. The van der Waals surface area contributed by atoms with Gasteiger partial charge in [0.2, 0.25) is 0 Å². The number of halogens is 2. The molecule has 1 fully saturated rings. The Bertz CT molecular complexity index is 855. The lowest BCUT2D eigenvalue weighted by molar-refractivity contribution is 0.471. The van der Waals surface area contributed by atoms with Gasteiger partial charge in [0, 0.05) is 16.6 Å². The van der Waals surface area contributed by atoms with Crippen molar-refractivity contribution in [3.8, 4) is 17.1 Å². The van der Waals surface area contributed by atoms with Crippen molar-refractivity contribution in [2.45, 2.75) is 18.9 Å². The van der Waals surface area contributed by atoms with Crippen LogP contribution >= 0.6 is 34.2 Å². The molecule has 2 aromatic carbocycles. The number of rotatable bonds is 2. The van der Waals surface area contributed by atoms with Crippen LogP contribution < -0.4 is 0 Å². The van der Waals surface area contributed by atoms with Gasteiger partial charge in [0.05, 0.1) is 14.6 Å². The number of benzene rings is 2. The molecule has 5 heteroatoms. The lowest BCUT2D eigenvalue weighted by Crippen LogP contribution is -1.97. The first-order chi connectivity index (χ1) is 10.1. The highest BCUT2D eigenvalue weighted by Crippen LogP contribution is 2.42. The monoisotopic (exact) mass is 410 g/mol. The molecule has 106 valence electrons. The summed E-state index contributed by atoms with van der Waals surface area (Å²) in [5.74, 6) is 1.20. The van der Waals surface area contributed by atoms with Crippen LogP contribution in [0.2, 0.25) is 5.02 Å². The molecule has 1 saturated carbocycles. The number of aromatic nitrogens is 2. The highest BCUT2D eigenvalue weighted by molar-refractivity contribution is 14.1. The molecule has 1 heterocycles. The number of imidazole rings is 1. The van der Waals surface area contributed by atoms with Gasteiger partial charge in [-0.15, -0.1) is 0 Å². The van der Waals surface area contributed by atoms with Crippen molar-refractivity contribution in [2.24, 2.45) is 0 Å². The predicted molar refractivity (Wildman–Crippen MR) is 92.8 cm³/mol. The lowest BCUT2D eigenvalue weighted by atomic mass is 10.2. The second kappa shape index (κ2) is 4.88. The van der Waals surface area contributed by atoms with E-state index in [1.807, 2.05) is 30.3 Å². The molecule has 21 heavy (non-hydrogen) atoms. The van der Waals surface area contributed by atoms with E-state index in [-0.39, 0.29) is 0 Å². The third kappa shape index (κ3) is 2.30. The van der Waals surface area contributed by atoms with E-state index in [4.69, 9.17) is 16.6 Å². The molecule has 1 aromatic heterocycles. The van der Waals surface area contributed by atoms with E-state index in [0.717, 1.165) is 26.0 Å². The maximum absolute atomic E-state index is 9.96. The number of fused-ring (bicyclic) bond motifs is 1. The average Bonchev–Trinajstić information content (AvgIpc) is 3.22. The van der Waals surface area contributed by atoms with Crippen molar-refractivity contribution in [2.75, 3.05) is 0 Å². The van der Waals surface area contributed by atoms with E-state index in [9.17, 15) is 5.11 Å². The molecule has 1 aliphatic rings. The van der Waals surface area contributed by atoms with Gasteiger partial charge in [-0.3, -0.25) is 0 Å². The van der Waals surface area contributed by atoms with Crippen LogP contribution in [0.3, 0.4) is 0 Å². The molecule has 0 aliphatic heterocycles. The minimum absolute atomic E-state index is 0.292. The van der Waals surface area contributed by atoms with E-state index in [0.29, 0.717) is 16.8 Å². The minimum atomic E-state index is 0.292. The molecule has 0 radical (unpaired) electrons. The molecule has 0 atom stereocenters. The van der Waals surface area contributed by atoms with Crippen molar-refractivity contribution in [3.63, 3.8) is 0 Å². The van der Waals surface area contributed by atoms with Gasteiger partial charge >= 0.3 is 0 Å². The minimum Gasteiger partial charge on any atom is -0.507 e. The van der Waals surface area contributed by atoms with Crippen LogP contribution in [0.15, 0.2) is 36.4 Å². The second-order valence-electron chi connectivity index (χ2n) is 5.34. The average molecular weight is 411 g/mol. The van der Waals surface area contributed by atoms with Crippen molar-refractivity contribution in [3.05, 3.63) is 45.0 Å². The standard InChI is InChI=1S/C16H12ClIN2O/c17-10-2-6-14-13(8-10)19-16(20(14)11-3-4-11)9-1-5-12(18)15(21)7-9/h1-2,5-8,11,21H,3-4H2. The van der Waals surface area contributed by atoms with Gasteiger partial charge in [-0.2, -0.15) is 0 Å². The topological polar surface area (TPSA) is 38.1 Å². The van der Waals surface area contributed by atoms with Crippen molar-refractivity contribution >= 4 is 45.2 Å². The zero-order valence-corrected chi connectivity index (χ0v) is 14.0. The molecule has 0 spiro atoms. The normalized spacial score (nSPS) is 14.8. The molecule has 1 aliphatic carbocycles. The van der Waals surface area contributed by atoms with Gasteiger partial charge < -0.3 is 9.67 Å². The number of hydrogen-bond acceptors (Lipinski definition) is 2. The summed E-state index contributed by atoms with van der Waals surface area (Å²) in [5, 5.41) is 10.7. The molecule has 4 rings (SSSR count). The Labute approximate surface area is 140 Å². The summed E-state index contributed by atoms with van der Waals surface area (Å²) < 4.78 is 3.11. The van der Waals surface area contributed by atoms with Gasteiger partial charge in [0.1, 0.15) is 11.6 Å². The Morgan fingerprint density at radius 2 is 2.00 bits per heavy atom.